The summed E-state index contributed by atoms with van der Waals surface area (Å²) < 4.78 is 6.94. The van der Waals surface area contributed by atoms with E-state index in [1.165, 1.54) is 5.56 Å². The molecule has 0 aliphatic heterocycles. The van der Waals surface area contributed by atoms with Crippen LogP contribution < -0.4 is 10.1 Å². The zero-order valence-corrected chi connectivity index (χ0v) is 13.7. The van der Waals surface area contributed by atoms with Gasteiger partial charge in [-0.15, -0.1) is 0 Å². The fourth-order valence-electron chi connectivity index (χ4n) is 1.81. The van der Waals surface area contributed by atoms with Gasteiger partial charge >= 0.3 is 0 Å². The van der Waals surface area contributed by atoms with Crippen LogP contribution >= 0.6 is 15.9 Å². The highest BCUT2D eigenvalue weighted by molar-refractivity contribution is 9.10. The van der Waals surface area contributed by atoms with Crippen molar-refractivity contribution < 1.29 is 4.74 Å². The molecule has 1 N–H and O–H groups in total. The van der Waals surface area contributed by atoms with Crippen molar-refractivity contribution in [1.29, 1.82) is 0 Å². The highest BCUT2D eigenvalue weighted by Gasteiger charge is 2.03. The van der Waals surface area contributed by atoms with Gasteiger partial charge in [-0.1, -0.05) is 48.0 Å². The van der Waals surface area contributed by atoms with E-state index in [0.717, 1.165) is 28.1 Å². The van der Waals surface area contributed by atoms with Crippen molar-refractivity contribution in [3.8, 4) is 11.5 Å². The number of hydrogen-bond acceptors (Lipinski definition) is 2. The Bertz CT molecular complexity index is 564. The number of ether oxygens (including phenoxy) is 1. The summed E-state index contributed by atoms with van der Waals surface area (Å²) in [5.41, 5.74) is 2.38. The minimum Gasteiger partial charge on any atom is -0.457 e. The van der Waals surface area contributed by atoms with Gasteiger partial charge in [-0.2, -0.15) is 0 Å². The van der Waals surface area contributed by atoms with Crippen molar-refractivity contribution >= 4 is 15.9 Å². The van der Waals surface area contributed by atoms with Crippen LogP contribution in [0.15, 0.2) is 46.9 Å². The van der Waals surface area contributed by atoms with Crippen LogP contribution in [0.25, 0.3) is 0 Å². The minimum absolute atomic E-state index is 0.496. The largest absolute Gasteiger partial charge is 0.457 e. The Morgan fingerprint density at radius 3 is 2.45 bits per heavy atom. The van der Waals surface area contributed by atoms with Crippen molar-refractivity contribution in [3.05, 3.63) is 58.1 Å². The monoisotopic (exact) mass is 333 g/mol. The number of rotatable bonds is 5. The molecule has 0 atom stereocenters. The molecule has 0 spiro atoms. The van der Waals surface area contributed by atoms with Gasteiger partial charge in [0.15, 0.2) is 0 Å². The third-order valence-electron chi connectivity index (χ3n) is 3.02. The number of nitrogens with one attached hydrogen (secondary N) is 1. The molecule has 0 heterocycles. The van der Waals surface area contributed by atoms with Gasteiger partial charge in [0.05, 0.1) is 0 Å². The number of halogens is 1. The lowest BCUT2D eigenvalue weighted by Gasteiger charge is -2.11. The highest BCUT2D eigenvalue weighted by Crippen LogP contribution is 2.28. The number of hydrogen-bond donors (Lipinski definition) is 1. The molecule has 20 heavy (non-hydrogen) atoms. The second kappa shape index (κ2) is 6.91. The summed E-state index contributed by atoms with van der Waals surface area (Å²) in [5.74, 6) is 1.74. The molecule has 0 aliphatic rings. The summed E-state index contributed by atoms with van der Waals surface area (Å²) in [5, 5.41) is 3.40. The molecule has 3 heteroatoms. The van der Waals surface area contributed by atoms with Gasteiger partial charge < -0.3 is 10.1 Å². The van der Waals surface area contributed by atoms with Crippen LogP contribution in [0.1, 0.15) is 25.0 Å². The molecule has 2 rings (SSSR count). The van der Waals surface area contributed by atoms with Crippen LogP contribution in [-0.4, -0.2) is 6.04 Å². The molecule has 0 aromatic heterocycles. The molecule has 0 bridgehead atoms. The number of benzene rings is 2. The van der Waals surface area contributed by atoms with Gasteiger partial charge in [0.2, 0.25) is 0 Å². The van der Waals surface area contributed by atoms with Crippen LogP contribution in [0, 0.1) is 6.92 Å². The molecule has 0 saturated carbocycles. The predicted molar refractivity (Wildman–Crippen MR) is 87.4 cm³/mol. The van der Waals surface area contributed by atoms with Crippen LogP contribution in [0.5, 0.6) is 11.5 Å². The highest BCUT2D eigenvalue weighted by atomic mass is 79.9. The first-order valence-electron chi connectivity index (χ1n) is 6.81. The summed E-state index contributed by atoms with van der Waals surface area (Å²) in [6.07, 6.45) is 0. The molecule has 2 aromatic carbocycles. The third-order valence-corrected chi connectivity index (χ3v) is 3.51. The van der Waals surface area contributed by atoms with Crippen molar-refractivity contribution in [2.45, 2.75) is 33.4 Å². The minimum atomic E-state index is 0.496. The third kappa shape index (κ3) is 4.36. The first-order valence-corrected chi connectivity index (χ1v) is 7.60. The van der Waals surface area contributed by atoms with Crippen LogP contribution in [-0.2, 0) is 6.54 Å². The SMILES string of the molecule is Cc1ccc(Br)cc1Oc1ccc(CNC(C)C)cc1. The molecular formula is C17H20BrNO. The van der Waals surface area contributed by atoms with Gasteiger partial charge in [-0.25, -0.2) is 0 Å². The predicted octanol–water partition coefficient (Wildman–Crippen LogP) is 5.05. The van der Waals surface area contributed by atoms with Crippen molar-refractivity contribution in [1.82, 2.24) is 5.32 Å². The maximum Gasteiger partial charge on any atom is 0.131 e. The topological polar surface area (TPSA) is 21.3 Å². The van der Waals surface area contributed by atoms with Crippen LogP contribution in [0.4, 0.5) is 0 Å². The lowest BCUT2D eigenvalue weighted by molar-refractivity contribution is 0.478. The Morgan fingerprint density at radius 2 is 1.80 bits per heavy atom. The van der Waals surface area contributed by atoms with E-state index in [1.807, 2.05) is 37.3 Å². The first-order chi connectivity index (χ1) is 9.54. The molecule has 0 aliphatic carbocycles. The quantitative estimate of drug-likeness (QED) is 0.826. The molecular weight excluding hydrogens is 314 g/mol. The van der Waals surface area contributed by atoms with Crippen molar-refractivity contribution in [2.75, 3.05) is 0 Å². The van der Waals surface area contributed by atoms with Gasteiger partial charge in [0.1, 0.15) is 11.5 Å². The molecule has 0 unspecified atom stereocenters. The Labute approximate surface area is 129 Å². The normalized spacial score (nSPS) is 10.8. The molecule has 0 radical (unpaired) electrons. The molecule has 2 nitrogen and oxygen atoms in total. The summed E-state index contributed by atoms with van der Waals surface area (Å²) >= 11 is 3.47. The van der Waals surface area contributed by atoms with E-state index < -0.39 is 0 Å². The maximum atomic E-state index is 5.92. The lowest BCUT2D eigenvalue weighted by atomic mass is 10.2. The Hall–Kier alpha value is -1.32. The van der Waals surface area contributed by atoms with Gasteiger partial charge in [-0.3, -0.25) is 0 Å². The smallest absolute Gasteiger partial charge is 0.131 e. The fraction of sp³-hybridized carbons (Fsp3) is 0.294. The van der Waals surface area contributed by atoms with Gasteiger partial charge in [0.25, 0.3) is 0 Å². The van der Waals surface area contributed by atoms with E-state index in [2.05, 4.69) is 47.2 Å². The Kier molecular flexibility index (Phi) is 5.21. The van der Waals surface area contributed by atoms with E-state index in [0.29, 0.717) is 6.04 Å². The molecule has 0 saturated heterocycles. The second-order valence-corrected chi connectivity index (χ2v) is 6.11. The maximum absolute atomic E-state index is 5.92. The average Bonchev–Trinajstić information content (AvgIpc) is 2.42. The van der Waals surface area contributed by atoms with E-state index in [4.69, 9.17) is 4.74 Å². The zero-order chi connectivity index (χ0) is 14.5. The summed E-state index contributed by atoms with van der Waals surface area (Å²) in [4.78, 5) is 0. The Morgan fingerprint density at radius 1 is 1.10 bits per heavy atom. The fourth-order valence-corrected chi connectivity index (χ4v) is 2.15. The molecule has 0 amide bonds. The zero-order valence-electron chi connectivity index (χ0n) is 12.1. The van der Waals surface area contributed by atoms with Crippen LogP contribution in [0.2, 0.25) is 0 Å². The van der Waals surface area contributed by atoms with Gasteiger partial charge in [0, 0.05) is 17.1 Å². The van der Waals surface area contributed by atoms with Crippen molar-refractivity contribution in [3.63, 3.8) is 0 Å². The second-order valence-electron chi connectivity index (χ2n) is 5.19. The van der Waals surface area contributed by atoms with Crippen molar-refractivity contribution in [2.24, 2.45) is 0 Å². The Balaban J connectivity index is 2.05. The number of aryl methyl sites for hydroxylation is 1. The lowest BCUT2D eigenvalue weighted by Crippen LogP contribution is -2.21. The van der Waals surface area contributed by atoms with E-state index in [-0.39, 0.29) is 0 Å². The van der Waals surface area contributed by atoms with Gasteiger partial charge in [-0.05, 0) is 42.3 Å². The summed E-state index contributed by atoms with van der Waals surface area (Å²) in [6, 6.07) is 14.8. The van der Waals surface area contributed by atoms with E-state index in [9.17, 15) is 0 Å². The van der Waals surface area contributed by atoms with E-state index >= 15 is 0 Å². The molecule has 0 fully saturated rings. The van der Waals surface area contributed by atoms with Crippen LogP contribution in [0.3, 0.4) is 0 Å². The molecule has 106 valence electrons. The molecule has 2 aromatic rings. The van der Waals surface area contributed by atoms with E-state index in [1.54, 1.807) is 0 Å². The summed E-state index contributed by atoms with van der Waals surface area (Å²) in [7, 11) is 0. The average molecular weight is 334 g/mol. The summed E-state index contributed by atoms with van der Waals surface area (Å²) in [6.45, 7) is 7.22. The standard InChI is InChI=1S/C17H20BrNO/c1-12(2)19-11-14-5-8-16(9-6-14)20-17-10-15(18)7-4-13(17)3/h4-10,12,19H,11H2,1-3H3. The first kappa shape index (κ1) is 15.1.